The SMILES string of the molecule is CCO/N=C1\C[C@H](CC(C)C)Cc2nc(NC(=O)c3cccs3)sc21. The van der Waals surface area contributed by atoms with Crippen molar-refractivity contribution in [1.29, 1.82) is 0 Å². The van der Waals surface area contributed by atoms with Gasteiger partial charge in [0.25, 0.3) is 5.91 Å². The average Bonchev–Trinajstić information content (AvgIpc) is 3.21. The highest BCUT2D eigenvalue weighted by atomic mass is 32.1. The van der Waals surface area contributed by atoms with Crippen LogP contribution in [-0.4, -0.2) is 23.2 Å². The highest BCUT2D eigenvalue weighted by Gasteiger charge is 2.29. The molecule has 2 heterocycles. The Balaban J connectivity index is 1.82. The Morgan fingerprint density at radius 2 is 2.32 bits per heavy atom. The number of thiophene rings is 1. The number of rotatable bonds is 6. The molecule has 0 bridgehead atoms. The lowest BCUT2D eigenvalue weighted by atomic mass is 9.84. The highest BCUT2D eigenvalue weighted by Crippen LogP contribution is 2.35. The van der Waals surface area contributed by atoms with Crippen LogP contribution in [0.3, 0.4) is 0 Å². The van der Waals surface area contributed by atoms with Gasteiger partial charge in [-0.05, 0) is 49.5 Å². The first-order valence-electron chi connectivity index (χ1n) is 8.60. The molecule has 1 amide bonds. The first-order chi connectivity index (χ1) is 12.1. The molecule has 0 fully saturated rings. The first-order valence-corrected chi connectivity index (χ1v) is 10.3. The molecule has 25 heavy (non-hydrogen) atoms. The van der Waals surface area contributed by atoms with Crippen molar-refractivity contribution in [3.05, 3.63) is 33.0 Å². The van der Waals surface area contributed by atoms with Crippen molar-refractivity contribution in [3.63, 3.8) is 0 Å². The van der Waals surface area contributed by atoms with Gasteiger partial charge in [0.2, 0.25) is 0 Å². The third kappa shape index (κ3) is 4.46. The van der Waals surface area contributed by atoms with Gasteiger partial charge >= 0.3 is 0 Å². The van der Waals surface area contributed by atoms with E-state index in [4.69, 9.17) is 4.84 Å². The van der Waals surface area contributed by atoms with Gasteiger partial charge in [-0.15, -0.1) is 11.3 Å². The molecule has 1 atom stereocenters. The lowest BCUT2D eigenvalue weighted by Crippen LogP contribution is -2.21. The van der Waals surface area contributed by atoms with E-state index in [0.717, 1.165) is 35.5 Å². The molecule has 0 aromatic carbocycles. The number of carbonyl (C=O) groups is 1. The normalized spacial score (nSPS) is 18.4. The molecule has 0 saturated carbocycles. The van der Waals surface area contributed by atoms with E-state index in [1.165, 1.54) is 22.7 Å². The minimum atomic E-state index is -0.108. The number of carbonyl (C=O) groups excluding carboxylic acids is 1. The van der Waals surface area contributed by atoms with Crippen LogP contribution in [0.4, 0.5) is 5.13 Å². The van der Waals surface area contributed by atoms with Crippen LogP contribution in [0, 0.1) is 11.8 Å². The van der Waals surface area contributed by atoms with Crippen molar-refractivity contribution < 1.29 is 9.63 Å². The van der Waals surface area contributed by atoms with E-state index in [9.17, 15) is 4.79 Å². The van der Waals surface area contributed by atoms with Gasteiger partial charge in [0.1, 0.15) is 6.61 Å². The molecule has 0 saturated heterocycles. The number of nitrogens with zero attached hydrogens (tertiary/aromatic N) is 2. The van der Waals surface area contributed by atoms with Gasteiger partial charge in [-0.25, -0.2) is 4.98 Å². The van der Waals surface area contributed by atoms with Crippen LogP contribution in [0.15, 0.2) is 22.7 Å². The molecule has 5 nitrogen and oxygen atoms in total. The second kappa shape index (κ2) is 8.10. The second-order valence-corrected chi connectivity index (χ2v) is 8.53. The van der Waals surface area contributed by atoms with Gasteiger partial charge in [-0.1, -0.05) is 36.4 Å². The monoisotopic (exact) mass is 377 g/mol. The number of nitrogens with one attached hydrogen (secondary N) is 1. The molecule has 0 unspecified atom stereocenters. The van der Waals surface area contributed by atoms with Gasteiger partial charge in [0.15, 0.2) is 5.13 Å². The molecule has 1 N–H and O–H groups in total. The molecule has 2 aromatic heterocycles. The second-order valence-electron chi connectivity index (χ2n) is 6.59. The lowest BCUT2D eigenvalue weighted by Gasteiger charge is -2.23. The van der Waals surface area contributed by atoms with E-state index in [1.807, 2.05) is 24.4 Å². The number of fused-ring (bicyclic) bond motifs is 1. The number of hydrogen-bond donors (Lipinski definition) is 1. The third-order valence-electron chi connectivity index (χ3n) is 4.00. The number of anilines is 1. The summed E-state index contributed by atoms with van der Waals surface area (Å²) in [7, 11) is 0. The van der Waals surface area contributed by atoms with Crippen LogP contribution in [-0.2, 0) is 11.3 Å². The summed E-state index contributed by atoms with van der Waals surface area (Å²) in [5, 5.41) is 9.77. The van der Waals surface area contributed by atoms with Gasteiger partial charge < -0.3 is 4.84 Å². The molecule has 2 aromatic rings. The van der Waals surface area contributed by atoms with Crippen LogP contribution in [0.5, 0.6) is 0 Å². The zero-order chi connectivity index (χ0) is 17.8. The van der Waals surface area contributed by atoms with Crippen molar-refractivity contribution in [2.75, 3.05) is 11.9 Å². The zero-order valence-corrected chi connectivity index (χ0v) is 16.4. The maximum Gasteiger partial charge on any atom is 0.267 e. The minimum absolute atomic E-state index is 0.108. The quantitative estimate of drug-likeness (QED) is 0.735. The van der Waals surface area contributed by atoms with Gasteiger partial charge in [-0.3, -0.25) is 10.1 Å². The Labute approximate surface area is 156 Å². The topological polar surface area (TPSA) is 63.6 Å². The number of oxime groups is 1. The van der Waals surface area contributed by atoms with Crippen molar-refractivity contribution in [3.8, 4) is 0 Å². The van der Waals surface area contributed by atoms with E-state index in [1.54, 1.807) is 0 Å². The lowest BCUT2D eigenvalue weighted by molar-refractivity contribution is 0.103. The molecule has 0 spiro atoms. The van der Waals surface area contributed by atoms with Crippen molar-refractivity contribution in [2.45, 2.75) is 40.0 Å². The van der Waals surface area contributed by atoms with Crippen molar-refractivity contribution >= 4 is 39.4 Å². The number of aromatic nitrogens is 1. The molecule has 0 radical (unpaired) electrons. The Morgan fingerprint density at radius 3 is 3.00 bits per heavy atom. The standard InChI is InChI=1S/C18H23N3O2S2/c1-4-23-21-14-10-12(8-11(2)3)9-13-16(14)25-18(19-13)20-17(22)15-6-5-7-24-15/h5-7,11-12H,4,8-10H2,1-3H3,(H,19,20,22)/b21-14+/t12-/m1/s1. The fourth-order valence-electron chi connectivity index (χ4n) is 3.10. The molecule has 1 aliphatic rings. The molecule has 134 valence electrons. The summed E-state index contributed by atoms with van der Waals surface area (Å²) in [6, 6.07) is 3.68. The van der Waals surface area contributed by atoms with Crippen molar-refractivity contribution in [2.24, 2.45) is 17.0 Å². The Hall–Kier alpha value is -1.73. The summed E-state index contributed by atoms with van der Waals surface area (Å²) in [6.45, 7) is 6.96. The average molecular weight is 378 g/mol. The minimum Gasteiger partial charge on any atom is -0.396 e. The zero-order valence-electron chi connectivity index (χ0n) is 14.7. The molecular weight excluding hydrogens is 354 g/mol. The Kier molecular flexibility index (Phi) is 5.86. The summed E-state index contributed by atoms with van der Waals surface area (Å²) < 4.78 is 0. The predicted molar refractivity (Wildman–Crippen MR) is 104 cm³/mol. The number of hydrogen-bond acceptors (Lipinski definition) is 6. The van der Waals surface area contributed by atoms with Crippen LogP contribution in [0.2, 0.25) is 0 Å². The van der Waals surface area contributed by atoms with E-state index in [0.29, 0.717) is 28.5 Å². The van der Waals surface area contributed by atoms with Crippen LogP contribution in [0.25, 0.3) is 0 Å². The summed E-state index contributed by atoms with van der Waals surface area (Å²) in [4.78, 5) is 24.0. The highest BCUT2D eigenvalue weighted by molar-refractivity contribution is 7.18. The maximum absolute atomic E-state index is 12.3. The van der Waals surface area contributed by atoms with Gasteiger partial charge in [-0.2, -0.15) is 0 Å². The van der Waals surface area contributed by atoms with E-state index >= 15 is 0 Å². The molecule has 3 rings (SSSR count). The summed E-state index contributed by atoms with van der Waals surface area (Å²) in [5.41, 5.74) is 1.99. The van der Waals surface area contributed by atoms with E-state index in [-0.39, 0.29) is 5.91 Å². The smallest absolute Gasteiger partial charge is 0.267 e. The van der Waals surface area contributed by atoms with Crippen LogP contribution in [0.1, 0.15) is 53.9 Å². The number of thiazole rings is 1. The fraction of sp³-hybridized carbons (Fsp3) is 0.500. The summed E-state index contributed by atoms with van der Waals surface area (Å²) in [6.07, 6.45) is 2.98. The molecule has 7 heteroatoms. The predicted octanol–water partition coefficient (Wildman–Crippen LogP) is 4.81. The largest absolute Gasteiger partial charge is 0.396 e. The summed E-state index contributed by atoms with van der Waals surface area (Å²) >= 11 is 2.92. The van der Waals surface area contributed by atoms with Gasteiger partial charge in [0, 0.05) is 0 Å². The van der Waals surface area contributed by atoms with Gasteiger partial charge in [0.05, 0.1) is 21.2 Å². The van der Waals surface area contributed by atoms with E-state index < -0.39 is 0 Å². The van der Waals surface area contributed by atoms with Crippen LogP contribution >= 0.6 is 22.7 Å². The molecule has 1 aliphatic carbocycles. The third-order valence-corrected chi connectivity index (χ3v) is 5.93. The fourth-order valence-corrected chi connectivity index (χ4v) is 4.70. The van der Waals surface area contributed by atoms with Crippen LogP contribution < -0.4 is 5.32 Å². The van der Waals surface area contributed by atoms with Crippen molar-refractivity contribution in [1.82, 2.24) is 4.98 Å². The maximum atomic E-state index is 12.3. The molecular formula is C18H23N3O2S2. The van der Waals surface area contributed by atoms with E-state index in [2.05, 4.69) is 29.3 Å². The Bertz CT molecular complexity index is 750. The number of amides is 1. The molecule has 0 aliphatic heterocycles. The summed E-state index contributed by atoms with van der Waals surface area (Å²) in [5.74, 6) is 1.05. The first kappa shape index (κ1) is 18.1. The Morgan fingerprint density at radius 1 is 1.48 bits per heavy atom.